The maximum Gasteiger partial charge on any atom is 0.116 e. The Hall–Kier alpha value is -0.0800. The maximum atomic E-state index is 9.79. The summed E-state index contributed by atoms with van der Waals surface area (Å²) in [4.78, 5) is 0. The van der Waals surface area contributed by atoms with E-state index in [9.17, 15) is 5.11 Å². The van der Waals surface area contributed by atoms with E-state index in [4.69, 9.17) is 0 Å². The van der Waals surface area contributed by atoms with Crippen molar-refractivity contribution in [1.29, 1.82) is 0 Å². The van der Waals surface area contributed by atoms with Gasteiger partial charge in [-0.15, -0.1) is 0 Å². The van der Waals surface area contributed by atoms with Crippen LogP contribution in [-0.2, 0) is 0 Å². The van der Waals surface area contributed by atoms with Crippen molar-refractivity contribution in [3.63, 3.8) is 0 Å². The summed E-state index contributed by atoms with van der Waals surface area (Å²) in [6.45, 7) is 0. The van der Waals surface area contributed by atoms with Crippen molar-refractivity contribution < 1.29 is 5.11 Å². The highest BCUT2D eigenvalue weighted by molar-refractivity contribution is 4.91. The molecule has 2 saturated heterocycles. The van der Waals surface area contributed by atoms with Crippen LogP contribution in [0.2, 0.25) is 0 Å². The van der Waals surface area contributed by atoms with Crippen LogP contribution in [0.3, 0.4) is 0 Å². The van der Waals surface area contributed by atoms with E-state index in [-0.39, 0.29) is 0 Å². The Morgan fingerprint density at radius 3 is 3.00 bits per heavy atom. The van der Waals surface area contributed by atoms with Crippen LogP contribution in [-0.4, -0.2) is 16.9 Å². The number of nitrogens with one attached hydrogen (secondary N) is 1. The molecule has 0 aliphatic carbocycles. The van der Waals surface area contributed by atoms with Crippen LogP contribution in [0.1, 0.15) is 38.5 Å². The van der Waals surface area contributed by atoms with Crippen molar-refractivity contribution in [1.82, 2.24) is 5.32 Å². The molecule has 2 fully saturated rings. The number of aliphatic hydroxyl groups is 1. The predicted octanol–water partition coefficient (Wildman–Crippen LogP) is 1.00. The Labute approximate surface area is 61.6 Å². The van der Waals surface area contributed by atoms with Gasteiger partial charge in [0.15, 0.2) is 0 Å². The van der Waals surface area contributed by atoms with E-state index in [1.807, 2.05) is 0 Å². The molecule has 2 bridgehead atoms. The summed E-state index contributed by atoms with van der Waals surface area (Å²) < 4.78 is 0. The first-order valence-electron chi connectivity index (χ1n) is 4.29. The molecule has 10 heavy (non-hydrogen) atoms. The van der Waals surface area contributed by atoms with Crippen molar-refractivity contribution in [3.05, 3.63) is 0 Å². The molecule has 2 aliphatic rings. The third-order valence-corrected chi connectivity index (χ3v) is 2.77. The molecule has 2 rings (SSSR count). The first kappa shape index (κ1) is 6.62. The molecule has 2 nitrogen and oxygen atoms in total. The minimum atomic E-state index is -0.471. The third kappa shape index (κ3) is 1.06. The molecule has 0 saturated carbocycles. The Morgan fingerprint density at radius 1 is 1.20 bits per heavy atom. The molecule has 2 N–H and O–H groups in total. The standard InChI is InChI=1S/C8H15NO/c10-8-5-2-1-3-7(9-8)4-6-8/h7,9-10H,1-6H2. The van der Waals surface area contributed by atoms with E-state index in [1.165, 1.54) is 25.7 Å². The summed E-state index contributed by atoms with van der Waals surface area (Å²) in [7, 11) is 0. The van der Waals surface area contributed by atoms with Crippen LogP contribution >= 0.6 is 0 Å². The summed E-state index contributed by atoms with van der Waals surface area (Å²) in [5.74, 6) is 0. The molecule has 0 spiro atoms. The minimum Gasteiger partial charge on any atom is -0.376 e. The molecule has 2 atom stereocenters. The van der Waals surface area contributed by atoms with E-state index in [2.05, 4.69) is 5.32 Å². The SMILES string of the molecule is OC12CCCCC(CC1)N2. The summed E-state index contributed by atoms with van der Waals surface area (Å²) in [6, 6.07) is 0.618. The molecular weight excluding hydrogens is 126 g/mol. The molecule has 2 aliphatic heterocycles. The number of hydrogen-bond donors (Lipinski definition) is 2. The fraction of sp³-hybridized carbons (Fsp3) is 1.00. The zero-order valence-electron chi connectivity index (χ0n) is 6.27. The molecule has 2 heteroatoms. The molecule has 0 aromatic heterocycles. The zero-order valence-corrected chi connectivity index (χ0v) is 6.27. The van der Waals surface area contributed by atoms with E-state index >= 15 is 0 Å². The van der Waals surface area contributed by atoms with Crippen LogP contribution in [0, 0.1) is 0 Å². The van der Waals surface area contributed by atoms with Crippen LogP contribution < -0.4 is 5.32 Å². The normalized spacial score (nSPS) is 47.1. The Kier molecular flexibility index (Phi) is 1.46. The van der Waals surface area contributed by atoms with Crippen LogP contribution in [0.15, 0.2) is 0 Å². The average Bonchev–Trinajstić information content (AvgIpc) is 2.11. The van der Waals surface area contributed by atoms with Gasteiger partial charge in [0.2, 0.25) is 0 Å². The van der Waals surface area contributed by atoms with Gasteiger partial charge in [-0.2, -0.15) is 0 Å². The van der Waals surface area contributed by atoms with E-state index in [1.54, 1.807) is 0 Å². The second-order valence-electron chi connectivity index (χ2n) is 3.66. The number of hydrogen-bond acceptors (Lipinski definition) is 2. The Bertz CT molecular complexity index is 135. The molecule has 58 valence electrons. The van der Waals surface area contributed by atoms with Gasteiger partial charge in [-0.3, -0.25) is 5.32 Å². The molecule has 0 aromatic rings. The average molecular weight is 141 g/mol. The summed E-state index contributed by atoms with van der Waals surface area (Å²) in [5.41, 5.74) is -0.471. The highest BCUT2D eigenvalue weighted by atomic mass is 16.3. The third-order valence-electron chi connectivity index (χ3n) is 2.77. The Balaban J connectivity index is 2.09. The molecular formula is C8H15NO. The van der Waals surface area contributed by atoms with Gasteiger partial charge in [-0.1, -0.05) is 6.42 Å². The van der Waals surface area contributed by atoms with Crippen molar-refractivity contribution in [2.24, 2.45) is 0 Å². The number of rotatable bonds is 0. The highest BCUT2D eigenvalue weighted by Gasteiger charge is 2.37. The largest absolute Gasteiger partial charge is 0.376 e. The van der Waals surface area contributed by atoms with Gasteiger partial charge in [0, 0.05) is 6.04 Å². The topological polar surface area (TPSA) is 32.3 Å². The fourth-order valence-electron chi connectivity index (χ4n) is 2.16. The smallest absolute Gasteiger partial charge is 0.116 e. The van der Waals surface area contributed by atoms with Crippen LogP contribution in [0.4, 0.5) is 0 Å². The van der Waals surface area contributed by atoms with Crippen LogP contribution in [0.5, 0.6) is 0 Å². The molecule has 0 amide bonds. The first-order valence-corrected chi connectivity index (χ1v) is 4.29. The van der Waals surface area contributed by atoms with Gasteiger partial charge in [0.25, 0.3) is 0 Å². The van der Waals surface area contributed by atoms with Crippen molar-refractivity contribution in [2.75, 3.05) is 0 Å². The van der Waals surface area contributed by atoms with Gasteiger partial charge in [0.1, 0.15) is 5.72 Å². The zero-order chi connectivity index (χ0) is 7.03. The second kappa shape index (κ2) is 2.21. The Morgan fingerprint density at radius 2 is 2.10 bits per heavy atom. The quantitative estimate of drug-likeness (QED) is 0.527. The van der Waals surface area contributed by atoms with Crippen molar-refractivity contribution >= 4 is 0 Å². The number of fused-ring (bicyclic) bond motifs is 2. The fourth-order valence-corrected chi connectivity index (χ4v) is 2.16. The van der Waals surface area contributed by atoms with Gasteiger partial charge < -0.3 is 5.11 Å². The summed E-state index contributed by atoms with van der Waals surface area (Å²) in [5, 5.41) is 13.1. The summed E-state index contributed by atoms with van der Waals surface area (Å²) in [6.07, 6.45) is 6.86. The highest BCUT2D eigenvalue weighted by Crippen LogP contribution is 2.31. The predicted molar refractivity (Wildman–Crippen MR) is 39.6 cm³/mol. The molecule has 0 aromatic carbocycles. The van der Waals surface area contributed by atoms with E-state index in [0.29, 0.717) is 6.04 Å². The minimum absolute atomic E-state index is 0.471. The second-order valence-corrected chi connectivity index (χ2v) is 3.66. The maximum absolute atomic E-state index is 9.79. The molecule has 2 heterocycles. The lowest BCUT2D eigenvalue weighted by molar-refractivity contribution is 0.0149. The molecule has 0 radical (unpaired) electrons. The van der Waals surface area contributed by atoms with E-state index < -0.39 is 5.72 Å². The van der Waals surface area contributed by atoms with Gasteiger partial charge in [0.05, 0.1) is 0 Å². The van der Waals surface area contributed by atoms with Gasteiger partial charge >= 0.3 is 0 Å². The molecule has 2 unspecified atom stereocenters. The monoisotopic (exact) mass is 141 g/mol. The van der Waals surface area contributed by atoms with Gasteiger partial charge in [-0.05, 0) is 32.1 Å². The van der Waals surface area contributed by atoms with E-state index in [0.717, 1.165) is 12.8 Å². The first-order chi connectivity index (χ1) is 4.79. The van der Waals surface area contributed by atoms with Crippen molar-refractivity contribution in [2.45, 2.75) is 50.3 Å². The lowest BCUT2D eigenvalue weighted by Crippen LogP contribution is -2.41. The van der Waals surface area contributed by atoms with Gasteiger partial charge in [-0.25, -0.2) is 0 Å². The van der Waals surface area contributed by atoms with Crippen molar-refractivity contribution in [3.8, 4) is 0 Å². The lowest BCUT2D eigenvalue weighted by Gasteiger charge is -2.21. The lowest BCUT2D eigenvalue weighted by atomic mass is 9.99. The van der Waals surface area contributed by atoms with Crippen LogP contribution in [0.25, 0.3) is 0 Å². The summed E-state index contributed by atoms with van der Waals surface area (Å²) >= 11 is 0.